The molecule has 0 saturated carbocycles. The second-order valence-electron chi connectivity index (χ2n) is 5.86. The maximum Gasteiger partial charge on any atom is 0.492 e. The maximum absolute atomic E-state index is 9.59. The average molecular weight is 296 g/mol. The van der Waals surface area contributed by atoms with Gasteiger partial charge in [-0.25, -0.2) is 0 Å². The minimum absolute atomic E-state index is 0.165. The molecule has 1 saturated heterocycles. The fourth-order valence-corrected chi connectivity index (χ4v) is 2.04. The summed E-state index contributed by atoms with van der Waals surface area (Å²) in [5.74, 6) is 0. The second-order valence-corrected chi connectivity index (χ2v) is 6.27. The number of halogens is 1. The molecule has 1 aromatic rings. The summed E-state index contributed by atoms with van der Waals surface area (Å²) in [7, 11) is -0.582. The molecule has 20 heavy (non-hydrogen) atoms. The normalized spacial score (nSPS) is 21.3. The van der Waals surface area contributed by atoms with E-state index < -0.39 is 18.3 Å². The van der Waals surface area contributed by atoms with Crippen LogP contribution >= 0.6 is 11.6 Å². The van der Waals surface area contributed by atoms with Crippen molar-refractivity contribution in [3.8, 4) is 0 Å². The average Bonchev–Trinajstić information content (AvgIpc) is 2.57. The minimum atomic E-state index is -0.582. The van der Waals surface area contributed by atoms with E-state index in [-0.39, 0.29) is 6.61 Å². The zero-order valence-electron chi connectivity index (χ0n) is 12.2. The van der Waals surface area contributed by atoms with E-state index in [1.54, 1.807) is 24.5 Å². The highest BCUT2D eigenvalue weighted by atomic mass is 35.5. The lowest BCUT2D eigenvalue weighted by molar-refractivity contribution is 0.00578. The number of aromatic nitrogens is 1. The summed E-state index contributed by atoms with van der Waals surface area (Å²) in [5, 5.41) is 10.2. The monoisotopic (exact) mass is 295 g/mol. The van der Waals surface area contributed by atoms with Crippen molar-refractivity contribution in [3.05, 3.63) is 34.5 Å². The highest BCUT2D eigenvalue weighted by Gasteiger charge is 2.52. The van der Waals surface area contributed by atoms with Crippen LogP contribution in [0.2, 0.25) is 5.02 Å². The predicted octanol–water partition coefficient (Wildman–Crippen LogP) is 2.74. The molecule has 0 bridgehead atoms. The fraction of sp³-hybridized carbons (Fsp3) is 0.500. The Labute approximate surface area is 124 Å². The molecule has 1 aliphatic heterocycles. The Hall–Kier alpha value is -0.875. The van der Waals surface area contributed by atoms with Gasteiger partial charge >= 0.3 is 7.12 Å². The Bertz CT molecular complexity index is 515. The lowest BCUT2D eigenvalue weighted by atomic mass is 9.77. The van der Waals surface area contributed by atoms with E-state index in [2.05, 4.69) is 4.98 Å². The second kappa shape index (κ2) is 5.49. The predicted molar refractivity (Wildman–Crippen MR) is 80.4 cm³/mol. The lowest BCUT2D eigenvalue weighted by Crippen LogP contribution is -2.41. The van der Waals surface area contributed by atoms with Crippen LogP contribution in [-0.4, -0.2) is 35.0 Å². The van der Waals surface area contributed by atoms with E-state index in [1.165, 1.54) is 0 Å². The molecule has 1 aliphatic rings. The Kier molecular flexibility index (Phi) is 4.26. The molecule has 4 nitrogen and oxygen atoms in total. The van der Waals surface area contributed by atoms with Crippen LogP contribution in [0.3, 0.4) is 0 Å². The zero-order chi connectivity index (χ0) is 15.0. The summed E-state index contributed by atoms with van der Waals surface area (Å²) in [6, 6.07) is 1.70. The Morgan fingerprint density at radius 3 is 2.45 bits per heavy atom. The van der Waals surface area contributed by atoms with E-state index in [4.69, 9.17) is 20.9 Å². The van der Waals surface area contributed by atoms with Gasteiger partial charge in [-0.3, -0.25) is 4.98 Å². The van der Waals surface area contributed by atoms with Crippen molar-refractivity contribution in [2.45, 2.75) is 38.9 Å². The molecule has 0 spiro atoms. The van der Waals surface area contributed by atoms with Crippen LogP contribution in [0.1, 0.15) is 33.3 Å². The number of pyridine rings is 1. The molecule has 0 atom stereocenters. The summed E-state index contributed by atoms with van der Waals surface area (Å²) in [6.45, 7) is 7.72. The Morgan fingerprint density at radius 2 is 1.95 bits per heavy atom. The van der Waals surface area contributed by atoms with Gasteiger partial charge in [-0.05, 0) is 39.2 Å². The van der Waals surface area contributed by atoms with Crippen LogP contribution < -0.4 is 0 Å². The van der Waals surface area contributed by atoms with Gasteiger partial charge in [0.15, 0.2) is 0 Å². The van der Waals surface area contributed by atoms with Crippen molar-refractivity contribution < 1.29 is 14.4 Å². The molecule has 0 aliphatic carbocycles. The van der Waals surface area contributed by atoms with Gasteiger partial charge in [-0.1, -0.05) is 17.7 Å². The van der Waals surface area contributed by atoms with Crippen LogP contribution in [0.15, 0.2) is 23.9 Å². The number of nitrogens with zero attached hydrogens (tertiary/aromatic N) is 1. The van der Waals surface area contributed by atoms with Gasteiger partial charge in [0.2, 0.25) is 0 Å². The molecule has 0 radical (unpaired) electrons. The molecule has 2 rings (SSSR count). The first-order valence-electron chi connectivity index (χ1n) is 6.53. The first-order valence-corrected chi connectivity index (χ1v) is 6.91. The van der Waals surface area contributed by atoms with Crippen LogP contribution in [0.5, 0.6) is 0 Å². The summed E-state index contributed by atoms with van der Waals surface area (Å²) in [6.07, 6.45) is 5.02. The Balaban J connectivity index is 2.29. The van der Waals surface area contributed by atoms with Gasteiger partial charge in [0.1, 0.15) is 0 Å². The standard InChI is InChI=1S/C14H19BClNO3/c1-13(2)14(3,4)20-15(19-13)11(9-18)7-10-8-17-6-5-12(10)16/h5-8,18H,9H2,1-4H3. The van der Waals surface area contributed by atoms with Crippen LogP contribution in [-0.2, 0) is 9.31 Å². The molecule has 6 heteroatoms. The number of aliphatic hydroxyl groups is 1. The van der Waals surface area contributed by atoms with Gasteiger partial charge < -0.3 is 14.4 Å². The molecular weight excluding hydrogens is 276 g/mol. The zero-order valence-corrected chi connectivity index (χ0v) is 12.9. The molecular formula is C14H19BClNO3. The van der Waals surface area contributed by atoms with Crippen molar-refractivity contribution >= 4 is 24.8 Å². The van der Waals surface area contributed by atoms with Gasteiger partial charge in [0.25, 0.3) is 0 Å². The van der Waals surface area contributed by atoms with E-state index in [9.17, 15) is 5.11 Å². The lowest BCUT2D eigenvalue weighted by Gasteiger charge is -2.32. The summed E-state index contributed by atoms with van der Waals surface area (Å²) >= 11 is 6.10. The van der Waals surface area contributed by atoms with Gasteiger partial charge in [-0.15, -0.1) is 0 Å². The third kappa shape index (κ3) is 2.91. The van der Waals surface area contributed by atoms with Crippen LogP contribution in [0.4, 0.5) is 0 Å². The SMILES string of the molecule is CC1(C)OB(C(=Cc2cnccc2Cl)CO)OC1(C)C. The largest absolute Gasteiger partial charge is 0.492 e. The van der Waals surface area contributed by atoms with E-state index in [0.29, 0.717) is 10.5 Å². The number of hydrogen-bond donors (Lipinski definition) is 1. The van der Waals surface area contributed by atoms with Gasteiger partial charge in [0.05, 0.1) is 22.8 Å². The highest BCUT2D eigenvalue weighted by molar-refractivity contribution is 6.56. The minimum Gasteiger partial charge on any atom is -0.400 e. The van der Waals surface area contributed by atoms with Crippen molar-refractivity contribution in [2.24, 2.45) is 0 Å². The molecule has 0 aromatic carbocycles. The molecule has 2 heterocycles. The quantitative estimate of drug-likeness (QED) is 0.871. The topological polar surface area (TPSA) is 51.6 Å². The van der Waals surface area contributed by atoms with E-state index >= 15 is 0 Å². The molecule has 1 aromatic heterocycles. The molecule has 1 N–H and O–H groups in total. The van der Waals surface area contributed by atoms with Crippen molar-refractivity contribution in [1.29, 1.82) is 0 Å². The van der Waals surface area contributed by atoms with Gasteiger partial charge in [0, 0.05) is 18.0 Å². The third-order valence-corrected chi connectivity index (χ3v) is 4.22. The van der Waals surface area contributed by atoms with Crippen LogP contribution in [0, 0.1) is 0 Å². The van der Waals surface area contributed by atoms with Crippen LogP contribution in [0.25, 0.3) is 6.08 Å². The summed E-state index contributed by atoms with van der Waals surface area (Å²) < 4.78 is 11.8. The first kappa shape index (κ1) is 15.5. The number of rotatable bonds is 3. The summed E-state index contributed by atoms with van der Waals surface area (Å²) in [4.78, 5) is 4.02. The van der Waals surface area contributed by atoms with E-state index in [1.807, 2.05) is 27.7 Å². The number of aliphatic hydroxyl groups excluding tert-OH is 1. The molecule has 1 fully saturated rings. The first-order chi connectivity index (χ1) is 9.27. The number of hydrogen-bond acceptors (Lipinski definition) is 4. The highest BCUT2D eigenvalue weighted by Crippen LogP contribution is 2.38. The maximum atomic E-state index is 9.59. The molecule has 0 unspecified atom stereocenters. The molecule has 0 amide bonds. The third-order valence-electron chi connectivity index (χ3n) is 3.88. The summed E-state index contributed by atoms with van der Waals surface area (Å²) in [5.41, 5.74) is 0.474. The van der Waals surface area contributed by atoms with Gasteiger partial charge in [-0.2, -0.15) is 0 Å². The van der Waals surface area contributed by atoms with E-state index in [0.717, 1.165) is 5.56 Å². The smallest absolute Gasteiger partial charge is 0.400 e. The molecule has 108 valence electrons. The fourth-order valence-electron chi connectivity index (χ4n) is 1.88. The van der Waals surface area contributed by atoms with Crippen molar-refractivity contribution in [1.82, 2.24) is 4.98 Å². The van der Waals surface area contributed by atoms with Crippen molar-refractivity contribution in [2.75, 3.05) is 6.61 Å². The Morgan fingerprint density at radius 1 is 1.35 bits per heavy atom. The van der Waals surface area contributed by atoms with Crippen molar-refractivity contribution in [3.63, 3.8) is 0 Å².